The van der Waals surface area contributed by atoms with Crippen molar-refractivity contribution < 1.29 is 22.8 Å². The molecule has 0 aromatic heterocycles. The van der Waals surface area contributed by atoms with Crippen LogP contribution < -0.4 is 5.32 Å². The van der Waals surface area contributed by atoms with Crippen LogP contribution >= 0.6 is 0 Å². The van der Waals surface area contributed by atoms with Gasteiger partial charge in [-0.05, 0) is 33.1 Å². The number of urea groups is 1. The fourth-order valence-corrected chi connectivity index (χ4v) is 4.94. The predicted octanol–water partition coefficient (Wildman–Crippen LogP) is -0.505. The van der Waals surface area contributed by atoms with Crippen LogP contribution in [-0.4, -0.2) is 71.7 Å². The molecule has 1 atom stereocenters. The molecule has 0 spiro atoms. The van der Waals surface area contributed by atoms with Gasteiger partial charge >= 0.3 is 6.03 Å². The summed E-state index contributed by atoms with van der Waals surface area (Å²) >= 11 is 0. The van der Waals surface area contributed by atoms with Crippen molar-refractivity contribution in [3.63, 3.8) is 0 Å². The van der Waals surface area contributed by atoms with Crippen LogP contribution in [-0.2, 0) is 19.4 Å². The zero-order valence-corrected chi connectivity index (χ0v) is 14.1. The van der Waals surface area contributed by atoms with Crippen molar-refractivity contribution in [3.05, 3.63) is 0 Å². The Kier molecular flexibility index (Phi) is 3.66. The average Bonchev–Trinajstić information content (AvgIpc) is 3.15. The lowest BCUT2D eigenvalue weighted by Gasteiger charge is -2.29. The Bertz CT molecular complexity index is 668. The maximum absolute atomic E-state index is 12.6. The zero-order valence-electron chi connectivity index (χ0n) is 13.2. The van der Waals surface area contributed by atoms with Crippen LogP contribution in [0.3, 0.4) is 0 Å². The van der Waals surface area contributed by atoms with Gasteiger partial charge < -0.3 is 10.2 Å². The van der Waals surface area contributed by atoms with E-state index in [1.54, 1.807) is 18.7 Å². The molecule has 9 heteroatoms. The number of carbonyl (C=O) groups excluding carboxylic acids is 3. The second kappa shape index (κ2) is 5.19. The second-order valence-electron chi connectivity index (χ2n) is 7.04. The molecule has 8 nitrogen and oxygen atoms in total. The first-order chi connectivity index (χ1) is 10.6. The van der Waals surface area contributed by atoms with E-state index in [0.717, 1.165) is 17.7 Å². The first-order valence-corrected chi connectivity index (χ1v) is 9.58. The molecule has 0 unspecified atom stereocenters. The third-order valence-corrected chi connectivity index (χ3v) is 6.32. The summed E-state index contributed by atoms with van der Waals surface area (Å²) in [7, 11) is -3.10. The SMILES string of the molecule is CC1(C)NC(=O)N(CC(=O)N(C2CC2)[C@H]2CCS(=O)(=O)C2)C1=O. The molecule has 0 aromatic carbocycles. The monoisotopic (exact) mass is 343 g/mol. The lowest BCUT2D eigenvalue weighted by Crippen LogP contribution is -2.49. The van der Waals surface area contributed by atoms with Crippen LogP contribution in [0, 0.1) is 0 Å². The van der Waals surface area contributed by atoms with Crippen molar-refractivity contribution >= 4 is 27.7 Å². The first-order valence-electron chi connectivity index (χ1n) is 7.76. The Balaban J connectivity index is 1.73. The van der Waals surface area contributed by atoms with Gasteiger partial charge in [-0.1, -0.05) is 0 Å². The molecule has 4 amide bonds. The van der Waals surface area contributed by atoms with Gasteiger partial charge in [0, 0.05) is 12.1 Å². The van der Waals surface area contributed by atoms with E-state index in [2.05, 4.69) is 5.32 Å². The van der Waals surface area contributed by atoms with E-state index < -0.39 is 27.3 Å². The smallest absolute Gasteiger partial charge is 0.325 e. The Morgan fingerprint density at radius 1 is 1.26 bits per heavy atom. The molecule has 0 bridgehead atoms. The Morgan fingerprint density at radius 2 is 1.91 bits per heavy atom. The Labute approximate surface area is 135 Å². The van der Waals surface area contributed by atoms with Gasteiger partial charge in [-0.3, -0.25) is 14.5 Å². The number of carbonyl (C=O) groups is 3. The summed E-state index contributed by atoms with van der Waals surface area (Å²) < 4.78 is 23.4. The quantitative estimate of drug-likeness (QED) is 0.693. The molecule has 2 saturated heterocycles. The lowest BCUT2D eigenvalue weighted by molar-refractivity contribution is -0.140. The molecule has 1 saturated carbocycles. The normalized spacial score (nSPS) is 28.8. The van der Waals surface area contributed by atoms with Crippen LogP contribution in [0.25, 0.3) is 0 Å². The molecular weight excluding hydrogens is 322 g/mol. The third kappa shape index (κ3) is 3.06. The lowest BCUT2D eigenvalue weighted by atomic mass is 10.1. The van der Waals surface area contributed by atoms with Gasteiger partial charge in [-0.2, -0.15) is 0 Å². The van der Waals surface area contributed by atoms with E-state index in [4.69, 9.17) is 0 Å². The zero-order chi connectivity index (χ0) is 17.0. The van der Waals surface area contributed by atoms with Crippen LogP contribution in [0.1, 0.15) is 33.1 Å². The van der Waals surface area contributed by atoms with E-state index in [9.17, 15) is 22.8 Å². The molecular formula is C14H21N3O5S. The highest BCUT2D eigenvalue weighted by atomic mass is 32.2. The number of hydrogen-bond donors (Lipinski definition) is 1. The number of nitrogens with zero attached hydrogens (tertiary/aromatic N) is 2. The fourth-order valence-electron chi connectivity index (χ4n) is 3.23. The van der Waals surface area contributed by atoms with Gasteiger partial charge in [0.05, 0.1) is 11.5 Å². The second-order valence-corrected chi connectivity index (χ2v) is 9.26. The molecule has 1 aliphatic carbocycles. The topological polar surface area (TPSA) is 104 Å². The number of sulfone groups is 1. The van der Waals surface area contributed by atoms with Gasteiger partial charge in [-0.25, -0.2) is 13.2 Å². The maximum Gasteiger partial charge on any atom is 0.325 e. The molecule has 0 aromatic rings. The van der Waals surface area contributed by atoms with Crippen LogP contribution in [0.4, 0.5) is 4.79 Å². The fraction of sp³-hybridized carbons (Fsp3) is 0.786. The van der Waals surface area contributed by atoms with Crippen LogP contribution in [0.15, 0.2) is 0 Å². The summed E-state index contributed by atoms with van der Waals surface area (Å²) in [5, 5.41) is 2.54. The van der Waals surface area contributed by atoms with Crippen LogP contribution in [0.5, 0.6) is 0 Å². The van der Waals surface area contributed by atoms with Gasteiger partial charge in [0.15, 0.2) is 9.84 Å². The number of hydrogen-bond acceptors (Lipinski definition) is 5. The minimum absolute atomic E-state index is 0.0269. The first kappa shape index (κ1) is 16.2. The van der Waals surface area contributed by atoms with E-state index in [-0.39, 0.29) is 36.0 Å². The largest absolute Gasteiger partial charge is 0.334 e. The summed E-state index contributed by atoms with van der Waals surface area (Å²) in [4.78, 5) is 39.2. The number of imide groups is 1. The summed E-state index contributed by atoms with van der Waals surface area (Å²) in [6, 6.07) is -0.883. The highest BCUT2D eigenvalue weighted by molar-refractivity contribution is 7.91. The van der Waals surface area contributed by atoms with Gasteiger partial charge in [-0.15, -0.1) is 0 Å². The van der Waals surface area contributed by atoms with E-state index >= 15 is 0 Å². The van der Waals surface area contributed by atoms with Crippen LogP contribution in [0.2, 0.25) is 0 Å². The van der Waals surface area contributed by atoms with Crippen molar-refractivity contribution in [3.8, 4) is 0 Å². The van der Waals surface area contributed by atoms with Crippen molar-refractivity contribution in [2.24, 2.45) is 0 Å². The number of nitrogens with one attached hydrogen (secondary N) is 1. The highest BCUT2D eigenvalue weighted by Gasteiger charge is 2.47. The van der Waals surface area contributed by atoms with Crippen molar-refractivity contribution in [1.29, 1.82) is 0 Å². The van der Waals surface area contributed by atoms with E-state index in [1.165, 1.54) is 0 Å². The molecule has 2 heterocycles. The summed E-state index contributed by atoms with van der Waals surface area (Å²) in [5.41, 5.74) is -1.02. The van der Waals surface area contributed by atoms with Crippen molar-refractivity contribution in [2.75, 3.05) is 18.1 Å². The van der Waals surface area contributed by atoms with Gasteiger partial charge in [0.2, 0.25) is 5.91 Å². The van der Waals surface area contributed by atoms with E-state index in [1.807, 2.05) is 0 Å². The Hall–Kier alpha value is -1.64. The van der Waals surface area contributed by atoms with Crippen molar-refractivity contribution in [1.82, 2.24) is 15.1 Å². The number of amides is 4. The minimum atomic E-state index is -3.10. The van der Waals surface area contributed by atoms with Crippen molar-refractivity contribution in [2.45, 2.75) is 50.7 Å². The molecule has 2 aliphatic heterocycles. The molecule has 0 radical (unpaired) electrons. The summed E-state index contributed by atoms with van der Waals surface area (Å²) in [5.74, 6) is -0.730. The average molecular weight is 343 g/mol. The molecule has 128 valence electrons. The molecule has 1 N–H and O–H groups in total. The minimum Gasteiger partial charge on any atom is -0.334 e. The Morgan fingerprint density at radius 3 is 2.35 bits per heavy atom. The number of rotatable bonds is 4. The molecule has 3 aliphatic rings. The standard InChI is InChI=1S/C14H21N3O5S/c1-14(2)12(19)16(13(20)15-14)7-11(18)17(9-3-4-9)10-5-6-23(21,22)8-10/h9-10H,3-8H2,1-2H3,(H,15,20)/t10-/m0/s1. The van der Waals surface area contributed by atoms with E-state index in [0.29, 0.717) is 6.42 Å². The molecule has 3 rings (SSSR count). The third-order valence-electron chi connectivity index (χ3n) is 4.57. The van der Waals surface area contributed by atoms with Gasteiger partial charge in [0.1, 0.15) is 12.1 Å². The molecule has 23 heavy (non-hydrogen) atoms. The summed E-state index contributed by atoms with van der Waals surface area (Å²) in [6.07, 6.45) is 2.11. The summed E-state index contributed by atoms with van der Waals surface area (Å²) in [6.45, 7) is 2.83. The van der Waals surface area contributed by atoms with Gasteiger partial charge in [0.25, 0.3) is 5.91 Å². The highest BCUT2D eigenvalue weighted by Crippen LogP contribution is 2.32. The molecule has 3 fully saturated rings. The maximum atomic E-state index is 12.6. The predicted molar refractivity (Wildman–Crippen MR) is 81.3 cm³/mol.